The van der Waals surface area contributed by atoms with Gasteiger partial charge in [-0.05, 0) is 6.42 Å². The number of carboxylic acids is 1. The smallest absolute Gasteiger partial charge is 0.267 e. The highest BCUT2D eigenvalue weighted by atomic mass is 31.2. The molecular weight excluding hydrogens is 361 g/mol. The Hall–Kier alpha value is -0.500. The fourth-order valence-electron chi connectivity index (χ4n) is 2.38. The predicted octanol–water partition coefficient (Wildman–Crippen LogP) is 1.11. The summed E-state index contributed by atoms with van der Waals surface area (Å²) in [6.45, 7) is 1.23. The van der Waals surface area contributed by atoms with Crippen molar-refractivity contribution in [2.75, 3.05) is 26.3 Å². The van der Waals surface area contributed by atoms with E-state index < -0.39 is 33.0 Å². The Labute approximate surface area is 156 Å². The van der Waals surface area contributed by atoms with Crippen molar-refractivity contribution < 1.29 is 33.5 Å². The minimum Gasteiger partial charge on any atom is -0.756 e. The first kappa shape index (κ1) is 25.5. The molecule has 0 aromatic heterocycles. The molecule has 0 bridgehead atoms. The number of unbranched alkanes of at least 4 members (excludes halogenated alkanes) is 9. The molecule has 0 aliphatic carbocycles. The maximum Gasteiger partial charge on any atom is 0.267 e. The number of phosphoric acid groups is 1. The molecule has 156 valence electrons. The van der Waals surface area contributed by atoms with Crippen molar-refractivity contribution in [3.63, 3.8) is 0 Å². The van der Waals surface area contributed by atoms with E-state index in [9.17, 15) is 24.5 Å². The second kappa shape index (κ2) is 16.7. The molecule has 0 amide bonds. The van der Waals surface area contributed by atoms with E-state index in [4.69, 9.17) is 4.52 Å². The van der Waals surface area contributed by atoms with E-state index in [1.807, 2.05) is 0 Å². The normalized spacial score (nSPS) is 14.9. The number of nitrogens with one attached hydrogen (secondary N) is 1. The number of rotatable bonds is 19. The minimum atomic E-state index is -4.44. The molecule has 0 spiro atoms. The van der Waals surface area contributed by atoms with E-state index in [1.165, 1.54) is 38.5 Å². The van der Waals surface area contributed by atoms with Gasteiger partial charge in [0.25, 0.3) is 7.82 Å². The van der Waals surface area contributed by atoms with Crippen molar-refractivity contribution in [1.29, 1.82) is 0 Å². The number of phosphoric ester groups is 1. The van der Waals surface area contributed by atoms with Crippen LogP contribution in [0.15, 0.2) is 0 Å². The van der Waals surface area contributed by atoms with Crippen LogP contribution in [0.5, 0.6) is 0 Å². The Balaban J connectivity index is 3.51. The zero-order chi connectivity index (χ0) is 19.7. The summed E-state index contributed by atoms with van der Waals surface area (Å²) in [6, 6.07) is 0. The van der Waals surface area contributed by atoms with Crippen LogP contribution in [0, 0.1) is 0 Å². The molecule has 2 N–H and O–H groups in total. The van der Waals surface area contributed by atoms with Gasteiger partial charge >= 0.3 is 0 Å². The third-order valence-electron chi connectivity index (χ3n) is 3.82. The van der Waals surface area contributed by atoms with Crippen molar-refractivity contribution in [1.82, 2.24) is 5.32 Å². The molecule has 2 unspecified atom stereocenters. The van der Waals surface area contributed by atoms with Gasteiger partial charge in [0.2, 0.25) is 0 Å². The first-order valence-corrected chi connectivity index (χ1v) is 11.0. The van der Waals surface area contributed by atoms with Gasteiger partial charge in [-0.1, -0.05) is 64.7 Å². The predicted molar refractivity (Wildman–Crippen MR) is 95.2 cm³/mol. The SMILES string of the molecule is CCCCCCCCCCCCOP(=O)([O-])OCC(O)CNCC(=O)[O-]. The van der Waals surface area contributed by atoms with Gasteiger partial charge in [0.15, 0.2) is 0 Å². The summed E-state index contributed by atoms with van der Waals surface area (Å²) in [6.07, 6.45) is 10.3. The van der Waals surface area contributed by atoms with Crippen LogP contribution < -0.4 is 15.3 Å². The summed E-state index contributed by atoms with van der Waals surface area (Å²) in [7, 11) is -4.44. The van der Waals surface area contributed by atoms with Crippen LogP contribution in [0.3, 0.4) is 0 Å². The van der Waals surface area contributed by atoms with Gasteiger partial charge in [0.1, 0.15) is 0 Å². The standard InChI is InChI=1S/C17H36NO7P/c1-2-3-4-5-6-7-8-9-10-11-12-24-26(22,23)25-15-16(19)13-18-14-17(20)21/h16,18-19H,2-15H2,1H3,(H,20,21)(H,22,23)/p-2. The van der Waals surface area contributed by atoms with E-state index in [0.717, 1.165) is 19.3 Å². The van der Waals surface area contributed by atoms with Crippen molar-refractivity contribution in [2.24, 2.45) is 0 Å². The second-order valence-electron chi connectivity index (χ2n) is 6.41. The Morgan fingerprint density at radius 3 is 2.12 bits per heavy atom. The van der Waals surface area contributed by atoms with Gasteiger partial charge < -0.3 is 34.3 Å². The van der Waals surface area contributed by atoms with Crippen molar-refractivity contribution in [3.8, 4) is 0 Å². The molecule has 0 rings (SSSR count). The van der Waals surface area contributed by atoms with Crippen LogP contribution in [0.4, 0.5) is 0 Å². The first-order chi connectivity index (χ1) is 12.4. The van der Waals surface area contributed by atoms with Gasteiger partial charge in [0, 0.05) is 13.1 Å². The van der Waals surface area contributed by atoms with E-state index in [2.05, 4.69) is 16.8 Å². The monoisotopic (exact) mass is 395 g/mol. The molecule has 0 aliphatic heterocycles. The molecule has 8 nitrogen and oxygen atoms in total. The lowest BCUT2D eigenvalue weighted by Gasteiger charge is -2.24. The number of aliphatic hydroxyl groups is 1. The average molecular weight is 395 g/mol. The first-order valence-electron chi connectivity index (χ1n) is 9.56. The average Bonchev–Trinajstić information content (AvgIpc) is 2.57. The quantitative estimate of drug-likeness (QED) is 0.246. The van der Waals surface area contributed by atoms with Gasteiger partial charge in [-0.2, -0.15) is 0 Å². The molecule has 26 heavy (non-hydrogen) atoms. The van der Waals surface area contributed by atoms with Crippen LogP contribution >= 0.6 is 7.82 Å². The van der Waals surface area contributed by atoms with Gasteiger partial charge in [-0.15, -0.1) is 0 Å². The van der Waals surface area contributed by atoms with Crippen LogP contribution in [0.25, 0.3) is 0 Å². The third-order valence-corrected chi connectivity index (χ3v) is 4.79. The summed E-state index contributed by atoms with van der Waals surface area (Å²) >= 11 is 0. The van der Waals surface area contributed by atoms with Gasteiger partial charge in [0.05, 0.1) is 25.3 Å². The largest absolute Gasteiger partial charge is 0.756 e. The van der Waals surface area contributed by atoms with Crippen LogP contribution in [0.1, 0.15) is 71.1 Å². The molecule has 0 aromatic carbocycles. The van der Waals surface area contributed by atoms with Gasteiger partial charge in [-0.25, -0.2) is 0 Å². The number of carbonyl (C=O) groups excluding carboxylic acids is 1. The number of aliphatic carboxylic acids is 1. The zero-order valence-electron chi connectivity index (χ0n) is 15.8. The van der Waals surface area contributed by atoms with E-state index in [-0.39, 0.29) is 13.2 Å². The lowest BCUT2D eigenvalue weighted by atomic mass is 10.1. The lowest BCUT2D eigenvalue weighted by molar-refractivity contribution is -0.304. The number of carboxylic acid groups (broad SMARTS) is 1. The van der Waals surface area contributed by atoms with E-state index >= 15 is 0 Å². The maximum atomic E-state index is 11.5. The Kier molecular flexibility index (Phi) is 16.3. The summed E-state index contributed by atoms with van der Waals surface area (Å²) in [5, 5.41) is 22.0. The number of hydrogen-bond acceptors (Lipinski definition) is 8. The highest BCUT2D eigenvalue weighted by Gasteiger charge is 2.12. The molecule has 0 fully saturated rings. The number of carbonyl (C=O) groups is 1. The van der Waals surface area contributed by atoms with Crippen LogP contribution in [0.2, 0.25) is 0 Å². The Morgan fingerprint density at radius 1 is 1.04 bits per heavy atom. The minimum absolute atomic E-state index is 0.0658. The Morgan fingerprint density at radius 2 is 1.58 bits per heavy atom. The topological polar surface area (TPSA) is 131 Å². The molecule has 0 saturated carbocycles. The summed E-state index contributed by atoms with van der Waals surface area (Å²) in [4.78, 5) is 21.7. The molecule has 0 saturated heterocycles. The summed E-state index contributed by atoms with van der Waals surface area (Å²) in [5.41, 5.74) is 0. The van der Waals surface area contributed by atoms with Gasteiger partial charge in [-0.3, -0.25) is 4.57 Å². The molecular formula is C17H34NO7P-2. The van der Waals surface area contributed by atoms with Crippen LogP contribution in [-0.2, 0) is 18.4 Å². The molecule has 0 radical (unpaired) electrons. The van der Waals surface area contributed by atoms with Crippen molar-refractivity contribution in [3.05, 3.63) is 0 Å². The second-order valence-corrected chi connectivity index (χ2v) is 7.83. The molecule has 0 heterocycles. The molecule has 0 aromatic rings. The van der Waals surface area contributed by atoms with Crippen LogP contribution in [-0.4, -0.2) is 43.5 Å². The summed E-state index contributed by atoms with van der Waals surface area (Å²) < 4.78 is 20.8. The molecule has 0 aliphatic rings. The fraction of sp³-hybridized carbons (Fsp3) is 0.941. The van der Waals surface area contributed by atoms with Crippen molar-refractivity contribution in [2.45, 2.75) is 77.2 Å². The lowest BCUT2D eigenvalue weighted by Crippen LogP contribution is -2.39. The third kappa shape index (κ3) is 18.3. The Bertz CT molecular complexity index is 395. The summed E-state index contributed by atoms with van der Waals surface area (Å²) in [5.74, 6) is -1.31. The molecule has 2 atom stereocenters. The number of hydrogen-bond donors (Lipinski definition) is 2. The molecule has 9 heteroatoms. The number of aliphatic hydroxyl groups excluding tert-OH is 1. The fourth-order valence-corrected chi connectivity index (χ4v) is 3.16. The van der Waals surface area contributed by atoms with E-state index in [0.29, 0.717) is 6.42 Å². The maximum absolute atomic E-state index is 11.5. The van der Waals surface area contributed by atoms with Crippen molar-refractivity contribution >= 4 is 13.8 Å². The van der Waals surface area contributed by atoms with E-state index in [1.54, 1.807) is 0 Å². The zero-order valence-corrected chi connectivity index (χ0v) is 16.7. The highest BCUT2D eigenvalue weighted by molar-refractivity contribution is 7.45. The highest BCUT2D eigenvalue weighted by Crippen LogP contribution is 2.38.